The summed E-state index contributed by atoms with van der Waals surface area (Å²) in [6.45, 7) is 4.25. The van der Waals surface area contributed by atoms with Crippen LogP contribution in [0.3, 0.4) is 0 Å². The molecule has 4 heterocycles. The molecule has 0 saturated carbocycles. The number of H-pyrrole nitrogens is 1. The summed E-state index contributed by atoms with van der Waals surface area (Å²) in [5, 5.41) is 0. The lowest BCUT2D eigenvalue weighted by Crippen LogP contribution is -2.48. The Morgan fingerprint density at radius 2 is 1.88 bits per heavy atom. The SMILES string of the molecule is O=C(c1cc2occc2[nH]1)N1CCN(Cc2ccc3c(c2)OCO3)CC1. The van der Waals surface area contributed by atoms with Crippen LogP contribution in [0.25, 0.3) is 11.1 Å². The minimum atomic E-state index is 0.0270. The molecule has 0 unspecified atom stereocenters. The zero-order valence-corrected chi connectivity index (χ0v) is 14.2. The number of nitrogens with one attached hydrogen (secondary N) is 1. The number of aromatic nitrogens is 1. The van der Waals surface area contributed by atoms with Crippen LogP contribution in [0, 0.1) is 0 Å². The number of carbonyl (C=O) groups is 1. The van der Waals surface area contributed by atoms with Crippen LogP contribution in [0.1, 0.15) is 16.1 Å². The topological polar surface area (TPSA) is 70.9 Å². The fourth-order valence-corrected chi connectivity index (χ4v) is 3.54. The maximum Gasteiger partial charge on any atom is 0.270 e. The Bertz CT molecular complexity index is 924. The van der Waals surface area contributed by atoms with E-state index in [-0.39, 0.29) is 5.91 Å². The molecule has 2 aromatic heterocycles. The molecule has 7 nitrogen and oxygen atoms in total. The second kappa shape index (κ2) is 6.10. The van der Waals surface area contributed by atoms with Crippen molar-refractivity contribution >= 4 is 17.0 Å². The van der Waals surface area contributed by atoms with E-state index in [2.05, 4.69) is 16.0 Å². The summed E-state index contributed by atoms with van der Waals surface area (Å²) in [5.74, 6) is 1.65. The Kier molecular flexibility index (Phi) is 3.60. The van der Waals surface area contributed by atoms with Gasteiger partial charge in [-0.3, -0.25) is 9.69 Å². The zero-order valence-electron chi connectivity index (χ0n) is 14.2. The summed E-state index contributed by atoms with van der Waals surface area (Å²) in [4.78, 5) is 20.0. The third-order valence-electron chi connectivity index (χ3n) is 4.97. The van der Waals surface area contributed by atoms with Gasteiger partial charge in [-0.1, -0.05) is 6.07 Å². The number of amides is 1. The summed E-state index contributed by atoms with van der Waals surface area (Å²) in [6, 6.07) is 9.66. The molecule has 0 bridgehead atoms. The van der Waals surface area contributed by atoms with Gasteiger partial charge in [-0.15, -0.1) is 0 Å². The lowest BCUT2D eigenvalue weighted by atomic mass is 10.1. The number of carbonyl (C=O) groups excluding carboxylic acids is 1. The van der Waals surface area contributed by atoms with Gasteiger partial charge in [-0.2, -0.15) is 0 Å². The first-order valence-electron chi connectivity index (χ1n) is 8.73. The molecule has 7 heteroatoms. The van der Waals surface area contributed by atoms with Gasteiger partial charge in [0.1, 0.15) is 5.69 Å². The molecule has 1 aromatic carbocycles. The predicted octanol–water partition coefficient (Wildman–Crippen LogP) is 2.45. The van der Waals surface area contributed by atoms with Crippen LogP contribution in [0.15, 0.2) is 41.0 Å². The minimum absolute atomic E-state index is 0.0270. The number of hydrogen-bond acceptors (Lipinski definition) is 5. The molecule has 1 fully saturated rings. The van der Waals surface area contributed by atoms with Crippen LogP contribution in [0.5, 0.6) is 11.5 Å². The molecule has 26 heavy (non-hydrogen) atoms. The number of ether oxygens (including phenoxy) is 2. The number of furan rings is 1. The minimum Gasteiger partial charge on any atom is -0.463 e. The molecule has 1 saturated heterocycles. The predicted molar refractivity (Wildman–Crippen MR) is 94.3 cm³/mol. The highest BCUT2D eigenvalue weighted by atomic mass is 16.7. The van der Waals surface area contributed by atoms with Crippen LogP contribution >= 0.6 is 0 Å². The molecule has 1 N–H and O–H groups in total. The standard InChI is InChI=1S/C19H19N3O4/c23-19(15-10-17-14(20-15)3-8-24-17)22-6-4-21(5-7-22)11-13-1-2-16-18(9-13)26-12-25-16/h1-3,8-10,20H,4-7,11-12H2. The van der Waals surface area contributed by atoms with E-state index in [1.54, 1.807) is 12.3 Å². The third kappa shape index (κ3) is 2.70. The number of rotatable bonds is 3. The molecule has 0 radical (unpaired) electrons. The van der Waals surface area contributed by atoms with Gasteiger partial charge in [-0.05, 0) is 17.7 Å². The van der Waals surface area contributed by atoms with Crippen molar-refractivity contribution in [3.8, 4) is 11.5 Å². The average Bonchev–Trinajstić information content (AvgIpc) is 3.37. The van der Waals surface area contributed by atoms with Gasteiger partial charge in [-0.25, -0.2) is 0 Å². The van der Waals surface area contributed by atoms with Crippen molar-refractivity contribution < 1.29 is 18.7 Å². The lowest BCUT2D eigenvalue weighted by Gasteiger charge is -2.34. The van der Waals surface area contributed by atoms with E-state index >= 15 is 0 Å². The van der Waals surface area contributed by atoms with E-state index in [1.165, 1.54) is 5.56 Å². The van der Waals surface area contributed by atoms with Gasteiger partial charge in [0.15, 0.2) is 17.1 Å². The van der Waals surface area contributed by atoms with Crippen molar-refractivity contribution in [2.45, 2.75) is 6.54 Å². The Morgan fingerprint density at radius 1 is 1.04 bits per heavy atom. The second-order valence-electron chi connectivity index (χ2n) is 6.64. The van der Waals surface area contributed by atoms with Crippen LogP contribution in [-0.2, 0) is 6.54 Å². The van der Waals surface area contributed by atoms with E-state index in [0.717, 1.165) is 42.2 Å². The summed E-state index contributed by atoms with van der Waals surface area (Å²) >= 11 is 0. The van der Waals surface area contributed by atoms with Crippen LogP contribution in [0.4, 0.5) is 0 Å². The largest absolute Gasteiger partial charge is 0.463 e. The first-order valence-corrected chi connectivity index (χ1v) is 8.73. The quantitative estimate of drug-likeness (QED) is 0.783. The normalized spacial score (nSPS) is 17.2. The zero-order chi connectivity index (χ0) is 17.5. The number of nitrogens with zero attached hydrogens (tertiary/aromatic N) is 2. The number of aromatic amines is 1. The van der Waals surface area contributed by atoms with Crippen molar-refractivity contribution in [1.29, 1.82) is 0 Å². The maximum atomic E-state index is 12.7. The van der Waals surface area contributed by atoms with Crippen LogP contribution in [-0.4, -0.2) is 53.7 Å². The number of benzene rings is 1. The van der Waals surface area contributed by atoms with Crippen molar-refractivity contribution in [3.05, 3.63) is 47.9 Å². The first kappa shape index (κ1) is 15.3. The van der Waals surface area contributed by atoms with E-state index in [0.29, 0.717) is 25.6 Å². The van der Waals surface area contributed by atoms with Gasteiger partial charge >= 0.3 is 0 Å². The maximum absolute atomic E-state index is 12.7. The molecular weight excluding hydrogens is 334 g/mol. The summed E-state index contributed by atoms with van der Waals surface area (Å²) in [6.07, 6.45) is 1.62. The average molecular weight is 353 g/mol. The number of piperazine rings is 1. The molecule has 1 amide bonds. The lowest BCUT2D eigenvalue weighted by molar-refractivity contribution is 0.0623. The monoisotopic (exact) mass is 353 g/mol. The summed E-state index contributed by atoms with van der Waals surface area (Å²) < 4.78 is 16.1. The Balaban J connectivity index is 1.20. The van der Waals surface area contributed by atoms with Gasteiger partial charge < -0.3 is 23.8 Å². The van der Waals surface area contributed by atoms with E-state index in [9.17, 15) is 4.79 Å². The van der Waals surface area contributed by atoms with Crippen molar-refractivity contribution in [3.63, 3.8) is 0 Å². The highest BCUT2D eigenvalue weighted by Crippen LogP contribution is 2.32. The fourth-order valence-electron chi connectivity index (χ4n) is 3.54. The molecule has 0 spiro atoms. The van der Waals surface area contributed by atoms with Crippen LogP contribution < -0.4 is 9.47 Å². The molecular formula is C19H19N3O4. The van der Waals surface area contributed by atoms with E-state index in [1.807, 2.05) is 23.1 Å². The summed E-state index contributed by atoms with van der Waals surface area (Å²) in [5.41, 5.74) is 3.35. The van der Waals surface area contributed by atoms with Crippen LogP contribution in [0.2, 0.25) is 0 Å². The highest BCUT2D eigenvalue weighted by Gasteiger charge is 2.24. The Morgan fingerprint density at radius 3 is 2.73 bits per heavy atom. The van der Waals surface area contributed by atoms with Gasteiger partial charge in [0.2, 0.25) is 6.79 Å². The first-order chi connectivity index (χ1) is 12.8. The highest BCUT2D eigenvalue weighted by molar-refractivity contribution is 5.96. The van der Waals surface area contributed by atoms with Crippen molar-refractivity contribution in [1.82, 2.24) is 14.8 Å². The molecule has 0 aliphatic carbocycles. The van der Waals surface area contributed by atoms with E-state index < -0.39 is 0 Å². The van der Waals surface area contributed by atoms with Gasteiger partial charge in [0.25, 0.3) is 5.91 Å². The second-order valence-corrected chi connectivity index (χ2v) is 6.64. The number of fused-ring (bicyclic) bond motifs is 2. The molecule has 2 aliphatic heterocycles. The molecule has 5 rings (SSSR count). The smallest absolute Gasteiger partial charge is 0.270 e. The molecule has 0 atom stereocenters. The molecule has 134 valence electrons. The van der Waals surface area contributed by atoms with Gasteiger partial charge in [0, 0.05) is 44.9 Å². The Labute approximate surface area is 150 Å². The third-order valence-corrected chi connectivity index (χ3v) is 4.97. The van der Waals surface area contributed by atoms with Gasteiger partial charge in [0.05, 0.1) is 11.8 Å². The van der Waals surface area contributed by atoms with Crippen molar-refractivity contribution in [2.24, 2.45) is 0 Å². The molecule has 2 aliphatic rings. The van der Waals surface area contributed by atoms with E-state index in [4.69, 9.17) is 13.9 Å². The summed E-state index contributed by atoms with van der Waals surface area (Å²) in [7, 11) is 0. The van der Waals surface area contributed by atoms with Crippen molar-refractivity contribution in [2.75, 3.05) is 33.0 Å². The molecule has 3 aromatic rings. The fraction of sp³-hybridized carbons (Fsp3) is 0.316. The Hall–Kier alpha value is -2.93. The number of hydrogen-bond donors (Lipinski definition) is 1.